The largest absolute Gasteiger partial charge is 0.429 e. The molecule has 0 aromatic carbocycles. The number of carbonyl (C=O) groups is 2. The number of aliphatic hydroxyl groups is 14. The molecule has 0 saturated carbocycles. The number of ether oxygens (including phenoxy) is 8. The van der Waals surface area contributed by atoms with Gasteiger partial charge in [-0.1, -0.05) is 71.9 Å². The van der Waals surface area contributed by atoms with Crippen molar-refractivity contribution < 1.29 is 119 Å². The monoisotopic (exact) mass is 976 g/mol. The van der Waals surface area contributed by atoms with Crippen molar-refractivity contribution in [3.63, 3.8) is 0 Å². The quantitative estimate of drug-likeness (QED) is 0.0347. The van der Waals surface area contributed by atoms with Crippen LogP contribution in [-0.4, -0.2) is 233 Å². The molecular weight excluding hydrogens is 912 g/mol. The zero-order chi connectivity index (χ0) is 50.6. The Kier molecular flexibility index (Phi) is 22.2. The molecule has 20 atom stereocenters. The average Bonchev–Trinajstić information content (AvgIpc) is 3.31. The maximum Gasteiger partial charge on any atom is 0.336 e. The van der Waals surface area contributed by atoms with Crippen LogP contribution in [0.15, 0.2) is 83.1 Å². The van der Waals surface area contributed by atoms with Crippen molar-refractivity contribution in [2.75, 3.05) is 26.4 Å². The lowest BCUT2D eigenvalue weighted by atomic mass is 9.98. The van der Waals surface area contributed by atoms with E-state index < -0.39 is 161 Å². The zero-order valence-corrected chi connectivity index (χ0v) is 37.5. The van der Waals surface area contributed by atoms with Crippen molar-refractivity contribution >= 4 is 11.9 Å². The lowest BCUT2D eigenvalue weighted by molar-refractivity contribution is -0.326. The van der Waals surface area contributed by atoms with Crippen molar-refractivity contribution in [1.82, 2.24) is 0 Å². The summed E-state index contributed by atoms with van der Waals surface area (Å²) in [6.07, 6.45) is -16.8. The third kappa shape index (κ3) is 14.9. The van der Waals surface area contributed by atoms with Crippen LogP contribution in [0.3, 0.4) is 0 Å². The molecule has 4 fully saturated rings. The molecule has 68 heavy (non-hydrogen) atoms. The highest BCUT2D eigenvalue weighted by atomic mass is 16.8. The number of esters is 2. The van der Waals surface area contributed by atoms with Crippen LogP contribution in [0.2, 0.25) is 0 Å². The van der Waals surface area contributed by atoms with Gasteiger partial charge in [0.05, 0.1) is 26.4 Å². The van der Waals surface area contributed by atoms with Gasteiger partial charge in [-0.2, -0.15) is 0 Å². The van der Waals surface area contributed by atoms with E-state index in [0.717, 1.165) is 11.1 Å². The summed E-state index contributed by atoms with van der Waals surface area (Å²) in [5, 5.41) is 142. The highest BCUT2D eigenvalue weighted by Gasteiger charge is 2.50. The van der Waals surface area contributed by atoms with Crippen LogP contribution in [0.1, 0.15) is 27.7 Å². The summed E-state index contributed by atoms with van der Waals surface area (Å²) in [5.74, 6) is -1.86. The fourth-order valence-electron chi connectivity index (χ4n) is 6.84. The van der Waals surface area contributed by atoms with E-state index in [4.69, 9.17) is 37.9 Å². The van der Waals surface area contributed by atoms with E-state index >= 15 is 0 Å². The molecule has 0 amide bonds. The number of allylic oxidation sites excluding steroid dienone is 12. The van der Waals surface area contributed by atoms with Gasteiger partial charge in [0.1, 0.15) is 97.7 Å². The van der Waals surface area contributed by atoms with Gasteiger partial charge >= 0.3 is 11.9 Å². The second kappa shape index (κ2) is 26.5. The van der Waals surface area contributed by atoms with Gasteiger partial charge in [-0.15, -0.1) is 0 Å². The molecule has 4 saturated heterocycles. The molecule has 4 aliphatic rings. The minimum atomic E-state index is -1.86. The standard InChI is InChI=1S/C44H64O24/c1-19(11-7-13-21(3)39(59)67-43-37(57)33(53)29(49)25(65-43)17-61-41-35(55)31(51)27(47)23(15-45)63-41)9-5-6-10-20(2)12-8-14-22(4)40(60)68-44-38(58)34(54)30(50)26(66-44)18-62-42-36(56)32(52)28(48)24(16-46)64-42/h5-14,23-38,41-58H,15-18H2,1-4H3/t23-,24-,25-,26-,27-,28-,29-,30-,31+,32+,33+,34+,35-,36-,37-,38-,41-,42-,43+,44+/m1/s1. The third-order valence-corrected chi connectivity index (χ3v) is 11.2. The minimum absolute atomic E-state index is 0.0726. The molecular formula is C44H64O24. The molecule has 0 aromatic rings. The zero-order valence-electron chi connectivity index (χ0n) is 37.5. The van der Waals surface area contributed by atoms with Crippen LogP contribution in [0.25, 0.3) is 0 Å². The first-order chi connectivity index (χ1) is 32.1. The van der Waals surface area contributed by atoms with Gasteiger partial charge in [0.15, 0.2) is 12.6 Å². The van der Waals surface area contributed by atoms with Crippen molar-refractivity contribution in [3.8, 4) is 0 Å². The molecule has 4 heterocycles. The maximum absolute atomic E-state index is 12.8. The van der Waals surface area contributed by atoms with Gasteiger partial charge in [0.25, 0.3) is 0 Å². The highest BCUT2D eigenvalue weighted by molar-refractivity contribution is 5.88. The Labute approximate surface area is 390 Å². The Bertz CT molecular complexity index is 1730. The van der Waals surface area contributed by atoms with E-state index in [0.29, 0.717) is 0 Å². The van der Waals surface area contributed by atoms with Crippen LogP contribution in [0.4, 0.5) is 0 Å². The number of hydrogen-bond donors (Lipinski definition) is 14. The molecule has 4 aliphatic heterocycles. The van der Waals surface area contributed by atoms with Gasteiger partial charge in [-0.25, -0.2) is 9.59 Å². The van der Waals surface area contributed by atoms with E-state index in [-0.39, 0.29) is 11.1 Å². The highest BCUT2D eigenvalue weighted by Crippen LogP contribution is 2.28. The molecule has 0 unspecified atom stereocenters. The minimum Gasteiger partial charge on any atom is -0.429 e. The normalized spacial score (nSPS) is 40.3. The Balaban J connectivity index is 1.23. The van der Waals surface area contributed by atoms with E-state index in [9.17, 15) is 81.1 Å². The summed E-state index contributed by atoms with van der Waals surface area (Å²) in [5.41, 5.74) is 1.68. The summed E-state index contributed by atoms with van der Waals surface area (Å²) in [7, 11) is 0. The Morgan fingerprint density at radius 1 is 0.397 bits per heavy atom. The van der Waals surface area contributed by atoms with Crippen molar-refractivity contribution in [2.24, 2.45) is 0 Å². The average molecular weight is 977 g/mol. The Morgan fingerprint density at radius 3 is 1.01 bits per heavy atom. The summed E-state index contributed by atoms with van der Waals surface area (Å²) in [4.78, 5) is 25.6. The second-order valence-corrected chi connectivity index (χ2v) is 16.5. The van der Waals surface area contributed by atoms with E-state index in [2.05, 4.69) is 0 Å². The molecule has 24 heteroatoms. The molecule has 0 spiro atoms. The molecule has 0 bridgehead atoms. The summed E-state index contributed by atoms with van der Waals surface area (Å²) in [6.45, 7) is 3.80. The van der Waals surface area contributed by atoms with E-state index in [1.165, 1.54) is 26.0 Å². The second-order valence-electron chi connectivity index (χ2n) is 16.5. The molecule has 4 rings (SSSR count). The van der Waals surface area contributed by atoms with Crippen LogP contribution in [0, 0.1) is 0 Å². The first kappa shape index (κ1) is 56.9. The van der Waals surface area contributed by atoms with Gasteiger partial charge in [-0.05, 0) is 27.7 Å². The molecule has 384 valence electrons. The Hall–Kier alpha value is -3.68. The molecule has 14 N–H and O–H groups in total. The predicted octanol–water partition coefficient (Wildman–Crippen LogP) is -5.23. The smallest absolute Gasteiger partial charge is 0.336 e. The lowest BCUT2D eigenvalue weighted by Crippen LogP contribution is -2.61. The topological polar surface area (TPSA) is 391 Å². The molecule has 0 aliphatic carbocycles. The Morgan fingerprint density at radius 2 is 0.691 bits per heavy atom. The van der Waals surface area contributed by atoms with E-state index in [1.54, 1.807) is 62.5 Å². The SMILES string of the molecule is CC(C=CC=C(C)C(=O)O[C@@H]1O[C@H](CO[C@@H]2O[C@H](CO)[C@@H](O)[C@H](O)[C@H]2O)[C@@H](O)[C@H](O)[C@H]1O)=CC=CC=C(C)C=CC=C(C)C(=O)O[C@@H]1O[C@H](CO[C@@H]2O[C@H](CO)[C@@H](O)[C@H](O)[C@H]2O)[C@@H](O)[C@H](O)[C@H]1O. The summed E-state index contributed by atoms with van der Waals surface area (Å²) >= 11 is 0. The first-order valence-electron chi connectivity index (χ1n) is 21.5. The first-order valence-corrected chi connectivity index (χ1v) is 21.5. The lowest BCUT2D eigenvalue weighted by Gasteiger charge is -2.42. The summed E-state index contributed by atoms with van der Waals surface area (Å²) < 4.78 is 42.7. The van der Waals surface area contributed by atoms with Crippen molar-refractivity contribution in [3.05, 3.63) is 83.1 Å². The maximum atomic E-state index is 12.8. The molecule has 0 radical (unpaired) electrons. The fourth-order valence-corrected chi connectivity index (χ4v) is 6.84. The number of carbonyl (C=O) groups excluding carboxylic acids is 2. The van der Waals surface area contributed by atoms with Gasteiger partial charge < -0.3 is 109 Å². The van der Waals surface area contributed by atoms with E-state index in [1.807, 2.05) is 0 Å². The number of aliphatic hydroxyl groups excluding tert-OH is 14. The van der Waals surface area contributed by atoms with Crippen molar-refractivity contribution in [2.45, 2.75) is 151 Å². The number of hydrogen-bond acceptors (Lipinski definition) is 24. The van der Waals surface area contributed by atoms with Gasteiger partial charge in [0, 0.05) is 11.1 Å². The number of rotatable bonds is 18. The summed E-state index contributed by atoms with van der Waals surface area (Å²) in [6, 6.07) is 0. The predicted molar refractivity (Wildman–Crippen MR) is 227 cm³/mol. The van der Waals surface area contributed by atoms with Crippen LogP contribution >= 0.6 is 0 Å². The molecule has 0 aromatic heterocycles. The molecule has 24 nitrogen and oxygen atoms in total. The van der Waals surface area contributed by atoms with Crippen LogP contribution < -0.4 is 0 Å². The third-order valence-electron chi connectivity index (χ3n) is 11.2. The van der Waals surface area contributed by atoms with Crippen LogP contribution in [0.5, 0.6) is 0 Å². The van der Waals surface area contributed by atoms with Crippen molar-refractivity contribution in [1.29, 1.82) is 0 Å². The fraction of sp³-hybridized carbons (Fsp3) is 0.636. The van der Waals surface area contributed by atoms with Gasteiger partial charge in [0.2, 0.25) is 12.6 Å². The van der Waals surface area contributed by atoms with Gasteiger partial charge in [-0.3, -0.25) is 0 Å². The van der Waals surface area contributed by atoms with Crippen LogP contribution in [-0.2, 0) is 47.5 Å².